The molecule has 0 amide bonds. The van der Waals surface area contributed by atoms with Crippen molar-refractivity contribution in [2.24, 2.45) is 0 Å². The SMILES string of the molecule is COCCNCc1ccccc1OCc1cncc(F)c1. The van der Waals surface area contributed by atoms with Crippen molar-refractivity contribution in [2.75, 3.05) is 20.3 Å². The Balaban J connectivity index is 1.93. The summed E-state index contributed by atoms with van der Waals surface area (Å²) in [5.41, 5.74) is 1.76. The lowest BCUT2D eigenvalue weighted by Gasteiger charge is -2.12. The summed E-state index contributed by atoms with van der Waals surface area (Å²) in [4.78, 5) is 3.81. The number of pyridine rings is 1. The Morgan fingerprint density at radius 1 is 1.24 bits per heavy atom. The first-order valence-electron chi connectivity index (χ1n) is 6.79. The Morgan fingerprint density at radius 3 is 2.90 bits per heavy atom. The Bertz CT molecular complexity index is 563. The van der Waals surface area contributed by atoms with Crippen molar-refractivity contribution in [1.29, 1.82) is 0 Å². The minimum Gasteiger partial charge on any atom is -0.489 e. The van der Waals surface area contributed by atoms with E-state index in [0.29, 0.717) is 25.3 Å². The number of aromatic nitrogens is 1. The molecule has 0 unspecified atom stereocenters. The van der Waals surface area contributed by atoms with Crippen LogP contribution in [0.4, 0.5) is 4.39 Å². The fourth-order valence-corrected chi connectivity index (χ4v) is 1.88. The fourth-order valence-electron chi connectivity index (χ4n) is 1.88. The van der Waals surface area contributed by atoms with E-state index >= 15 is 0 Å². The molecule has 0 radical (unpaired) electrons. The van der Waals surface area contributed by atoms with Crippen LogP contribution in [0.3, 0.4) is 0 Å². The number of benzene rings is 1. The molecule has 0 saturated heterocycles. The summed E-state index contributed by atoms with van der Waals surface area (Å²) >= 11 is 0. The summed E-state index contributed by atoms with van der Waals surface area (Å²) in [6.45, 7) is 2.43. The molecule has 5 heteroatoms. The van der Waals surface area contributed by atoms with Crippen LogP contribution in [-0.2, 0) is 17.9 Å². The largest absolute Gasteiger partial charge is 0.489 e. The summed E-state index contributed by atoms with van der Waals surface area (Å²) < 4.78 is 23.8. The summed E-state index contributed by atoms with van der Waals surface area (Å²) in [6.07, 6.45) is 2.78. The van der Waals surface area contributed by atoms with Crippen LogP contribution in [0, 0.1) is 5.82 Å². The van der Waals surface area contributed by atoms with E-state index in [1.807, 2.05) is 24.3 Å². The quantitative estimate of drug-likeness (QED) is 0.759. The lowest BCUT2D eigenvalue weighted by Crippen LogP contribution is -2.19. The third-order valence-electron chi connectivity index (χ3n) is 2.93. The Morgan fingerprint density at radius 2 is 2.10 bits per heavy atom. The maximum absolute atomic E-state index is 13.1. The highest BCUT2D eigenvalue weighted by Crippen LogP contribution is 2.19. The predicted octanol–water partition coefficient (Wildman–Crippen LogP) is 2.54. The number of hydrogen-bond donors (Lipinski definition) is 1. The van der Waals surface area contributed by atoms with Gasteiger partial charge in [0.1, 0.15) is 18.2 Å². The smallest absolute Gasteiger partial charge is 0.141 e. The third kappa shape index (κ3) is 5.13. The second-order valence-electron chi connectivity index (χ2n) is 4.58. The second-order valence-corrected chi connectivity index (χ2v) is 4.58. The molecule has 1 aromatic heterocycles. The Kier molecular flexibility index (Phi) is 6.12. The van der Waals surface area contributed by atoms with Gasteiger partial charge in [-0.2, -0.15) is 0 Å². The molecule has 2 aromatic rings. The molecule has 4 nitrogen and oxygen atoms in total. The van der Waals surface area contributed by atoms with Crippen molar-refractivity contribution in [3.05, 3.63) is 59.7 Å². The Labute approximate surface area is 123 Å². The zero-order valence-electron chi connectivity index (χ0n) is 12.0. The molecule has 2 rings (SSSR count). The van der Waals surface area contributed by atoms with Gasteiger partial charge in [-0.15, -0.1) is 0 Å². The van der Waals surface area contributed by atoms with Crippen LogP contribution < -0.4 is 10.1 Å². The third-order valence-corrected chi connectivity index (χ3v) is 2.93. The molecular formula is C16H19FN2O2. The summed E-state index contributed by atoms with van der Waals surface area (Å²) in [5, 5.41) is 3.27. The van der Waals surface area contributed by atoms with Crippen LogP contribution in [0.1, 0.15) is 11.1 Å². The van der Waals surface area contributed by atoms with E-state index in [4.69, 9.17) is 9.47 Å². The number of hydrogen-bond acceptors (Lipinski definition) is 4. The van der Waals surface area contributed by atoms with Gasteiger partial charge in [-0.3, -0.25) is 4.98 Å². The topological polar surface area (TPSA) is 43.4 Å². The van der Waals surface area contributed by atoms with Crippen LogP contribution in [-0.4, -0.2) is 25.2 Å². The number of rotatable bonds is 8. The van der Waals surface area contributed by atoms with Crippen molar-refractivity contribution in [1.82, 2.24) is 10.3 Å². The highest BCUT2D eigenvalue weighted by Gasteiger charge is 2.04. The molecule has 0 spiro atoms. The number of methoxy groups -OCH3 is 1. The zero-order valence-corrected chi connectivity index (χ0v) is 12.0. The second kappa shape index (κ2) is 8.34. The lowest BCUT2D eigenvalue weighted by molar-refractivity contribution is 0.199. The van der Waals surface area contributed by atoms with Gasteiger partial charge in [0.25, 0.3) is 0 Å². The van der Waals surface area contributed by atoms with Crippen molar-refractivity contribution < 1.29 is 13.9 Å². The maximum Gasteiger partial charge on any atom is 0.141 e. The number of nitrogens with zero attached hydrogens (tertiary/aromatic N) is 1. The van der Waals surface area contributed by atoms with E-state index in [2.05, 4.69) is 10.3 Å². The van der Waals surface area contributed by atoms with Crippen molar-refractivity contribution in [2.45, 2.75) is 13.2 Å². The van der Waals surface area contributed by atoms with Gasteiger partial charge >= 0.3 is 0 Å². The Hall–Kier alpha value is -1.98. The van der Waals surface area contributed by atoms with Gasteiger partial charge in [0, 0.05) is 37.5 Å². The van der Waals surface area contributed by atoms with Gasteiger partial charge in [-0.1, -0.05) is 18.2 Å². The standard InChI is InChI=1S/C16H19FN2O2/c1-20-7-6-18-10-14-4-2-3-5-16(14)21-12-13-8-15(17)11-19-9-13/h2-5,8-9,11,18H,6-7,10,12H2,1H3. The number of nitrogens with one attached hydrogen (secondary N) is 1. The average Bonchev–Trinajstić information content (AvgIpc) is 2.50. The van der Waals surface area contributed by atoms with E-state index in [-0.39, 0.29) is 5.82 Å². The minimum absolute atomic E-state index is 0.292. The lowest BCUT2D eigenvalue weighted by atomic mass is 10.2. The maximum atomic E-state index is 13.1. The number of ether oxygens (including phenoxy) is 2. The highest BCUT2D eigenvalue weighted by atomic mass is 19.1. The van der Waals surface area contributed by atoms with E-state index in [9.17, 15) is 4.39 Å². The molecule has 0 saturated carbocycles. The summed E-state index contributed by atoms with van der Waals surface area (Å²) in [7, 11) is 1.67. The van der Waals surface area contributed by atoms with Crippen LogP contribution in [0.2, 0.25) is 0 Å². The fraction of sp³-hybridized carbons (Fsp3) is 0.312. The number of para-hydroxylation sites is 1. The van der Waals surface area contributed by atoms with Gasteiger partial charge in [0.05, 0.1) is 12.8 Å². The van der Waals surface area contributed by atoms with Crippen LogP contribution in [0.25, 0.3) is 0 Å². The first-order valence-corrected chi connectivity index (χ1v) is 6.79. The molecule has 0 bridgehead atoms. The molecule has 21 heavy (non-hydrogen) atoms. The van der Waals surface area contributed by atoms with Gasteiger partial charge in [0.2, 0.25) is 0 Å². The van der Waals surface area contributed by atoms with Gasteiger partial charge in [-0.25, -0.2) is 4.39 Å². The molecule has 0 fully saturated rings. The van der Waals surface area contributed by atoms with Gasteiger partial charge in [0.15, 0.2) is 0 Å². The minimum atomic E-state index is -0.356. The molecule has 1 aromatic carbocycles. The van der Waals surface area contributed by atoms with E-state index in [1.165, 1.54) is 12.3 Å². The summed E-state index contributed by atoms with van der Waals surface area (Å²) in [6, 6.07) is 9.20. The average molecular weight is 290 g/mol. The highest BCUT2D eigenvalue weighted by molar-refractivity contribution is 5.33. The molecule has 112 valence electrons. The molecule has 0 aliphatic heterocycles. The monoisotopic (exact) mass is 290 g/mol. The molecule has 1 heterocycles. The first kappa shape index (κ1) is 15.4. The first-order chi connectivity index (χ1) is 10.3. The molecule has 0 aliphatic carbocycles. The van der Waals surface area contributed by atoms with E-state index in [0.717, 1.165) is 17.9 Å². The summed E-state index contributed by atoms with van der Waals surface area (Å²) in [5.74, 6) is 0.428. The normalized spacial score (nSPS) is 10.6. The van der Waals surface area contributed by atoms with E-state index < -0.39 is 0 Å². The molecular weight excluding hydrogens is 271 g/mol. The van der Waals surface area contributed by atoms with Crippen molar-refractivity contribution in [3.63, 3.8) is 0 Å². The molecule has 0 atom stereocenters. The van der Waals surface area contributed by atoms with Crippen LogP contribution in [0.5, 0.6) is 5.75 Å². The predicted molar refractivity (Wildman–Crippen MR) is 78.6 cm³/mol. The van der Waals surface area contributed by atoms with Crippen LogP contribution >= 0.6 is 0 Å². The molecule has 1 N–H and O–H groups in total. The van der Waals surface area contributed by atoms with Crippen molar-refractivity contribution in [3.8, 4) is 5.75 Å². The number of halogens is 1. The van der Waals surface area contributed by atoms with Gasteiger partial charge < -0.3 is 14.8 Å². The van der Waals surface area contributed by atoms with Crippen molar-refractivity contribution >= 4 is 0 Å². The van der Waals surface area contributed by atoms with E-state index in [1.54, 1.807) is 13.3 Å². The van der Waals surface area contributed by atoms with Gasteiger partial charge in [-0.05, 0) is 12.1 Å². The van der Waals surface area contributed by atoms with Crippen LogP contribution in [0.15, 0.2) is 42.7 Å². The zero-order chi connectivity index (χ0) is 14.9. The molecule has 0 aliphatic rings.